The average Bonchev–Trinajstić information content (AvgIpc) is 2.52. The molecule has 0 saturated carbocycles. The summed E-state index contributed by atoms with van der Waals surface area (Å²) in [4.78, 5) is 13.9. The van der Waals surface area contributed by atoms with Crippen molar-refractivity contribution in [3.05, 3.63) is 30.3 Å². The zero-order chi connectivity index (χ0) is 15.9. The Kier molecular flexibility index (Phi) is 5.95. The molecule has 1 aliphatic heterocycles. The van der Waals surface area contributed by atoms with Crippen molar-refractivity contribution in [2.24, 2.45) is 15.9 Å². The van der Waals surface area contributed by atoms with Crippen LogP contribution in [0.2, 0.25) is 0 Å². The number of hydrogen-bond acceptors (Lipinski definition) is 2. The quantitative estimate of drug-likeness (QED) is 0.623. The molecule has 1 heterocycles. The molecule has 0 radical (unpaired) electrons. The maximum absolute atomic E-state index is 5.44. The lowest BCUT2D eigenvalue weighted by molar-refractivity contribution is 0.0676. The van der Waals surface area contributed by atoms with Crippen LogP contribution in [0.1, 0.15) is 13.8 Å². The minimum atomic E-state index is 0.344. The van der Waals surface area contributed by atoms with E-state index in [9.17, 15) is 0 Å². The first kappa shape index (κ1) is 16.5. The summed E-state index contributed by atoms with van der Waals surface area (Å²) in [5.41, 5.74) is 0.926. The fraction of sp³-hybridized carbons (Fsp3) is 0.529. The monoisotopic (exact) mass is 302 g/mol. The molecule has 0 N–H and O–H groups in total. The third-order valence-electron chi connectivity index (χ3n) is 3.47. The Hall–Kier alpha value is -1.88. The normalized spacial score (nSPS) is 17.0. The molecule has 22 heavy (non-hydrogen) atoms. The van der Waals surface area contributed by atoms with Gasteiger partial charge in [0.05, 0.1) is 18.9 Å². The fourth-order valence-electron chi connectivity index (χ4n) is 2.40. The predicted molar refractivity (Wildman–Crippen MR) is 91.9 cm³/mol. The van der Waals surface area contributed by atoms with Gasteiger partial charge in [-0.05, 0) is 12.1 Å². The number of benzene rings is 1. The summed E-state index contributed by atoms with van der Waals surface area (Å²) in [5, 5.41) is 0. The lowest BCUT2D eigenvalue weighted by Gasteiger charge is -2.29. The molecule has 1 aromatic rings. The van der Waals surface area contributed by atoms with Crippen LogP contribution in [0.5, 0.6) is 0 Å². The first-order chi connectivity index (χ1) is 10.6. The van der Waals surface area contributed by atoms with Gasteiger partial charge in [0, 0.05) is 33.1 Å². The first-order valence-corrected chi connectivity index (χ1v) is 7.80. The molecule has 1 saturated heterocycles. The summed E-state index contributed by atoms with van der Waals surface area (Å²) >= 11 is 0. The number of aliphatic imine (C=N–C) groups is 2. The highest BCUT2D eigenvalue weighted by Crippen LogP contribution is 2.14. The van der Waals surface area contributed by atoms with E-state index in [-0.39, 0.29) is 0 Å². The number of guanidine groups is 1. The Morgan fingerprint density at radius 2 is 1.77 bits per heavy atom. The van der Waals surface area contributed by atoms with Crippen LogP contribution in [-0.2, 0) is 4.74 Å². The largest absolute Gasteiger partial charge is 0.378 e. The summed E-state index contributed by atoms with van der Waals surface area (Å²) in [6.45, 7) is 7.41. The van der Waals surface area contributed by atoms with Crippen molar-refractivity contribution >= 4 is 17.5 Å². The molecule has 0 unspecified atom stereocenters. The number of ether oxygens (including phenoxy) is 1. The molecular formula is C17H26N4O. The van der Waals surface area contributed by atoms with Crippen LogP contribution in [0.4, 0.5) is 5.69 Å². The van der Waals surface area contributed by atoms with Crippen molar-refractivity contribution in [2.75, 3.05) is 40.4 Å². The highest BCUT2D eigenvalue weighted by atomic mass is 16.5. The van der Waals surface area contributed by atoms with Crippen molar-refractivity contribution in [3.8, 4) is 0 Å². The molecule has 120 valence electrons. The Balaban J connectivity index is 2.36. The minimum absolute atomic E-state index is 0.344. The van der Waals surface area contributed by atoms with E-state index < -0.39 is 0 Å². The van der Waals surface area contributed by atoms with Gasteiger partial charge in [-0.3, -0.25) is 0 Å². The molecule has 0 bridgehead atoms. The van der Waals surface area contributed by atoms with E-state index in [0.29, 0.717) is 5.92 Å². The maximum Gasteiger partial charge on any atom is 0.227 e. The van der Waals surface area contributed by atoms with Crippen LogP contribution in [0.3, 0.4) is 0 Å². The molecule has 0 atom stereocenters. The first-order valence-electron chi connectivity index (χ1n) is 7.80. The van der Waals surface area contributed by atoms with Gasteiger partial charge in [0.25, 0.3) is 0 Å². The van der Waals surface area contributed by atoms with Gasteiger partial charge >= 0.3 is 0 Å². The van der Waals surface area contributed by atoms with Crippen LogP contribution < -0.4 is 0 Å². The van der Waals surface area contributed by atoms with Gasteiger partial charge in [-0.15, -0.1) is 0 Å². The number of nitrogens with zero attached hydrogens (tertiary/aromatic N) is 4. The van der Waals surface area contributed by atoms with Gasteiger partial charge in [0.1, 0.15) is 5.84 Å². The molecular weight excluding hydrogens is 276 g/mol. The number of morpholine rings is 1. The zero-order valence-electron chi connectivity index (χ0n) is 14.0. The van der Waals surface area contributed by atoms with Gasteiger partial charge in [0.15, 0.2) is 0 Å². The minimum Gasteiger partial charge on any atom is -0.378 e. The molecule has 0 aromatic heterocycles. The molecule has 5 heteroatoms. The van der Waals surface area contributed by atoms with E-state index in [1.165, 1.54) is 0 Å². The van der Waals surface area contributed by atoms with E-state index in [2.05, 4.69) is 23.6 Å². The summed E-state index contributed by atoms with van der Waals surface area (Å²) in [6.07, 6.45) is 0. The van der Waals surface area contributed by atoms with Crippen molar-refractivity contribution in [3.63, 3.8) is 0 Å². The van der Waals surface area contributed by atoms with Gasteiger partial charge in [-0.2, -0.15) is 4.99 Å². The SMILES string of the molecule is CC(C)/C(=N\C(=Nc1ccccc1)N1CCOCC1)N(C)C. The highest BCUT2D eigenvalue weighted by Gasteiger charge is 2.17. The maximum atomic E-state index is 5.44. The van der Waals surface area contributed by atoms with Gasteiger partial charge in [-0.25, -0.2) is 4.99 Å². The van der Waals surface area contributed by atoms with E-state index in [4.69, 9.17) is 14.7 Å². The molecule has 0 aliphatic carbocycles. The van der Waals surface area contributed by atoms with Crippen LogP contribution in [0.25, 0.3) is 0 Å². The Morgan fingerprint density at radius 1 is 1.14 bits per heavy atom. The van der Waals surface area contributed by atoms with Crippen LogP contribution >= 0.6 is 0 Å². The smallest absolute Gasteiger partial charge is 0.227 e. The molecule has 0 spiro atoms. The van der Waals surface area contributed by atoms with Crippen molar-refractivity contribution in [1.82, 2.24) is 9.80 Å². The predicted octanol–water partition coefficient (Wildman–Crippen LogP) is 2.62. The summed E-state index contributed by atoms with van der Waals surface area (Å²) in [6, 6.07) is 9.99. The molecule has 1 fully saturated rings. The van der Waals surface area contributed by atoms with Gasteiger partial charge in [0.2, 0.25) is 5.96 Å². The topological polar surface area (TPSA) is 40.4 Å². The molecule has 1 aromatic carbocycles. The standard InChI is InChI=1S/C17H26N4O/c1-14(2)16(20(3)4)19-17(21-10-12-22-13-11-21)18-15-8-6-5-7-9-15/h5-9,14H,10-13H2,1-4H3/b18-17?,19-16+. The Bertz CT molecular complexity index is 507. The molecule has 2 rings (SSSR count). The third-order valence-corrected chi connectivity index (χ3v) is 3.47. The van der Waals surface area contributed by atoms with E-state index >= 15 is 0 Å². The second kappa shape index (κ2) is 7.94. The van der Waals surface area contributed by atoms with E-state index in [1.807, 2.05) is 44.4 Å². The highest BCUT2D eigenvalue weighted by molar-refractivity contribution is 5.97. The summed E-state index contributed by atoms with van der Waals surface area (Å²) in [5.74, 6) is 2.14. The average molecular weight is 302 g/mol. The van der Waals surface area contributed by atoms with E-state index in [1.54, 1.807) is 0 Å². The van der Waals surface area contributed by atoms with E-state index in [0.717, 1.165) is 43.8 Å². The second-order valence-corrected chi connectivity index (χ2v) is 5.87. The number of amidine groups is 1. The Morgan fingerprint density at radius 3 is 2.32 bits per heavy atom. The Labute approximate surface area is 133 Å². The van der Waals surface area contributed by atoms with Crippen molar-refractivity contribution < 1.29 is 4.74 Å². The van der Waals surface area contributed by atoms with Crippen LogP contribution in [0, 0.1) is 5.92 Å². The summed E-state index contributed by atoms with van der Waals surface area (Å²) in [7, 11) is 4.05. The molecule has 0 amide bonds. The van der Waals surface area contributed by atoms with Gasteiger partial charge < -0.3 is 14.5 Å². The summed E-state index contributed by atoms with van der Waals surface area (Å²) < 4.78 is 5.44. The lowest BCUT2D eigenvalue weighted by Crippen LogP contribution is -2.41. The van der Waals surface area contributed by atoms with Crippen molar-refractivity contribution in [2.45, 2.75) is 13.8 Å². The molecule has 1 aliphatic rings. The zero-order valence-corrected chi connectivity index (χ0v) is 14.0. The third kappa shape index (κ3) is 4.56. The van der Waals surface area contributed by atoms with Crippen molar-refractivity contribution in [1.29, 1.82) is 0 Å². The van der Waals surface area contributed by atoms with Crippen LogP contribution in [0.15, 0.2) is 40.3 Å². The fourth-order valence-corrected chi connectivity index (χ4v) is 2.40. The lowest BCUT2D eigenvalue weighted by atomic mass is 10.2. The number of para-hydroxylation sites is 1. The molecule has 5 nitrogen and oxygen atoms in total. The van der Waals surface area contributed by atoms with Crippen LogP contribution in [-0.4, -0.2) is 62.0 Å². The number of hydrogen-bond donors (Lipinski definition) is 0. The number of rotatable bonds is 2. The van der Waals surface area contributed by atoms with Gasteiger partial charge in [-0.1, -0.05) is 32.0 Å². The second-order valence-electron chi connectivity index (χ2n) is 5.87.